The van der Waals surface area contributed by atoms with Crippen LogP contribution in [0, 0.1) is 12.8 Å². The van der Waals surface area contributed by atoms with Crippen LogP contribution in [0.5, 0.6) is 0 Å². The van der Waals surface area contributed by atoms with E-state index in [9.17, 15) is 4.79 Å². The van der Waals surface area contributed by atoms with Gasteiger partial charge in [0.15, 0.2) is 5.82 Å². The van der Waals surface area contributed by atoms with Crippen molar-refractivity contribution in [1.29, 1.82) is 0 Å². The van der Waals surface area contributed by atoms with Crippen LogP contribution in [0.4, 0.5) is 5.69 Å². The average molecular weight is 426 g/mol. The summed E-state index contributed by atoms with van der Waals surface area (Å²) >= 11 is 6.42. The third kappa shape index (κ3) is 4.43. The number of carbonyl (C=O) groups is 1. The predicted octanol–water partition coefficient (Wildman–Crippen LogP) is 4.14. The zero-order valence-electron chi connectivity index (χ0n) is 17.2. The highest BCUT2D eigenvalue weighted by atomic mass is 35.5. The van der Waals surface area contributed by atoms with E-state index >= 15 is 0 Å². The molecule has 4 rings (SSSR count). The summed E-state index contributed by atoms with van der Waals surface area (Å²) in [6.07, 6.45) is 5.39. The third-order valence-corrected chi connectivity index (χ3v) is 5.24. The summed E-state index contributed by atoms with van der Waals surface area (Å²) in [5.41, 5.74) is 3.16. The van der Waals surface area contributed by atoms with Gasteiger partial charge >= 0.3 is 0 Å². The van der Waals surface area contributed by atoms with E-state index in [1.54, 1.807) is 10.8 Å². The SMILES string of the molecule is Cc1nn(CC(C)C)c(Cl)c1/C=C/C(=O)Nc1ccc(-c2nnnn2C2CC2)cc1. The van der Waals surface area contributed by atoms with Crippen LogP contribution in [0.2, 0.25) is 5.15 Å². The number of carbonyl (C=O) groups excluding carboxylic acids is 1. The standard InChI is InChI=1S/C21H24ClN7O/c1-13(2)12-28-20(22)18(14(3)25-28)10-11-19(30)23-16-6-4-15(5-7-16)21-24-26-27-29(21)17-8-9-17/h4-7,10-11,13,17H,8-9,12H2,1-3H3,(H,23,30)/b11-10+. The minimum Gasteiger partial charge on any atom is -0.323 e. The van der Waals surface area contributed by atoms with E-state index in [1.165, 1.54) is 6.08 Å². The van der Waals surface area contributed by atoms with E-state index in [-0.39, 0.29) is 5.91 Å². The van der Waals surface area contributed by atoms with Crippen LogP contribution in [-0.4, -0.2) is 35.9 Å². The molecule has 2 heterocycles. The molecule has 3 aromatic rings. The number of hydrogen-bond donors (Lipinski definition) is 1. The molecule has 1 saturated carbocycles. The number of aromatic nitrogens is 6. The molecule has 0 unspecified atom stereocenters. The van der Waals surface area contributed by atoms with Crippen LogP contribution in [0.25, 0.3) is 17.5 Å². The second-order valence-corrected chi connectivity index (χ2v) is 8.30. The summed E-state index contributed by atoms with van der Waals surface area (Å²) in [4.78, 5) is 12.4. The van der Waals surface area contributed by atoms with Crippen molar-refractivity contribution in [2.24, 2.45) is 5.92 Å². The molecule has 1 N–H and O–H groups in total. The van der Waals surface area contributed by atoms with E-state index in [2.05, 4.69) is 39.8 Å². The molecule has 8 nitrogen and oxygen atoms in total. The molecule has 0 aliphatic heterocycles. The van der Waals surface area contributed by atoms with Gasteiger partial charge in [-0.15, -0.1) is 5.10 Å². The fourth-order valence-electron chi connectivity index (χ4n) is 3.22. The van der Waals surface area contributed by atoms with Gasteiger partial charge in [0.05, 0.1) is 11.7 Å². The van der Waals surface area contributed by atoms with Gasteiger partial charge < -0.3 is 5.32 Å². The van der Waals surface area contributed by atoms with Crippen molar-refractivity contribution in [3.8, 4) is 11.4 Å². The van der Waals surface area contributed by atoms with Crippen molar-refractivity contribution in [1.82, 2.24) is 30.0 Å². The molecule has 1 aliphatic rings. The summed E-state index contributed by atoms with van der Waals surface area (Å²) in [7, 11) is 0. The summed E-state index contributed by atoms with van der Waals surface area (Å²) in [5, 5.41) is 19.8. The maximum Gasteiger partial charge on any atom is 0.248 e. The molecule has 0 atom stereocenters. The molecular formula is C21H24ClN7O. The summed E-state index contributed by atoms with van der Waals surface area (Å²) in [6.45, 7) is 6.83. The smallest absolute Gasteiger partial charge is 0.248 e. The zero-order chi connectivity index (χ0) is 21.3. The topological polar surface area (TPSA) is 90.5 Å². The highest BCUT2D eigenvalue weighted by molar-refractivity contribution is 6.31. The Morgan fingerprint density at radius 1 is 1.30 bits per heavy atom. The molecular weight excluding hydrogens is 402 g/mol. The summed E-state index contributed by atoms with van der Waals surface area (Å²) in [6, 6.07) is 7.89. The molecule has 0 saturated heterocycles. The number of nitrogens with one attached hydrogen (secondary N) is 1. The van der Waals surface area contributed by atoms with Crippen molar-refractivity contribution in [2.75, 3.05) is 5.32 Å². The number of amides is 1. The van der Waals surface area contributed by atoms with Crippen molar-refractivity contribution in [2.45, 2.75) is 46.2 Å². The Hall–Kier alpha value is -3.00. The maximum absolute atomic E-state index is 12.4. The molecule has 0 spiro atoms. The molecule has 1 amide bonds. The Morgan fingerprint density at radius 2 is 2.03 bits per heavy atom. The molecule has 156 valence electrons. The molecule has 1 aliphatic carbocycles. The molecule has 2 aromatic heterocycles. The second-order valence-electron chi connectivity index (χ2n) is 7.94. The summed E-state index contributed by atoms with van der Waals surface area (Å²) < 4.78 is 3.63. The van der Waals surface area contributed by atoms with Gasteiger partial charge in [-0.1, -0.05) is 25.4 Å². The van der Waals surface area contributed by atoms with Crippen LogP contribution in [0.1, 0.15) is 44.0 Å². The van der Waals surface area contributed by atoms with Gasteiger partial charge in [-0.3, -0.25) is 9.48 Å². The number of anilines is 1. The van der Waals surface area contributed by atoms with Crippen LogP contribution >= 0.6 is 11.6 Å². The minimum absolute atomic E-state index is 0.238. The van der Waals surface area contributed by atoms with E-state index in [0.717, 1.165) is 42.0 Å². The molecule has 9 heteroatoms. The monoisotopic (exact) mass is 425 g/mol. The number of aryl methyl sites for hydroxylation is 1. The fraction of sp³-hybridized carbons (Fsp3) is 0.381. The maximum atomic E-state index is 12.4. The number of halogens is 1. The van der Waals surface area contributed by atoms with Crippen molar-refractivity contribution in [3.63, 3.8) is 0 Å². The average Bonchev–Trinajstić information content (AvgIpc) is 3.37. The predicted molar refractivity (Wildman–Crippen MR) is 116 cm³/mol. The first-order valence-electron chi connectivity index (χ1n) is 10.0. The van der Waals surface area contributed by atoms with Gasteiger partial charge in [0, 0.05) is 29.4 Å². The van der Waals surface area contributed by atoms with Crippen molar-refractivity contribution in [3.05, 3.63) is 46.8 Å². The largest absolute Gasteiger partial charge is 0.323 e. The van der Waals surface area contributed by atoms with E-state index in [4.69, 9.17) is 11.6 Å². The number of rotatable bonds is 7. The van der Waals surface area contributed by atoms with Gasteiger partial charge in [-0.25, -0.2) is 4.68 Å². The molecule has 1 aromatic carbocycles. The molecule has 30 heavy (non-hydrogen) atoms. The Labute approximate surface area is 179 Å². The Balaban J connectivity index is 1.42. The second kappa shape index (κ2) is 8.39. The van der Waals surface area contributed by atoms with Crippen LogP contribution in [0.15, 0.2) is 30.3 Å². The van der Waals surface area contributed by atoms with Crippen LogP contribution in [-0.2, 0) is 11.3 Å². The Bertz CT molecular complexity index is 1080. The first-order valence-corrected chi connectivity index (χ1v) is 10.4. The number of benzene rings is 1. The van der Waals surface area contributed by atoms with Gasteiger partial charge in [0.2, 0.25) is 5.91 Å². The normalized spacial score (nSPS) is 14.0. The van der Waals surface area contributed by atoms with Crippen LogP contribution < -0.4 is 5.32 Å². The number of tetrazole rings is 1. The lowest BCUT2D eigenvalue weighted by molar-refractivity contribution is -0.111. The highest BCUT2D eigenvalue weighted by Gasteiger charge is 2.28. The van der Waals surface area contributed by atoms with Gasteiger partial charge in [-0.05, 0) is 66.5 Å². The Kier molecular flexibility index (Phi) is 5.67. The highest BCUT2D eigenvalue weighted by Crippen LogP contribution is 2.36. The molecule has 0 radical (unpaired) electrons. The lowest BCUT2D eigenvalue weighted by atomic mass is 10.2. The van der Waals surface area contributed by atoms with E-state index in [0.29, 0.717) is 22.8 Å². The molecule has 0 bridgehead atoms. The molecule has 1 fully saturated rings. The van der Waals surface area contributed by atoms with E-state index < -0.39 is 0 Å². The number of nitrogens with zero attached hydrogens (tertiary/aromatic N) is 6. The van der Waals surface area contributed by atoms with Crippen molar-refractivity contribution >= 4 is 29.3 Å². The van der Waals surface area contributed by atoms with Gasteiger partial charge in [0.25, 0.3) is 0 Å². The lowest BCUT2D eigenvalue weighted by Gasteiger charge is -2.06. The minimum atomic E-state index is -0.238. The fourth-order valence-corrected chi connectivity index (χ4v) is 3.52. The first-order chi connectivity index (χ1) is 14.4. The van der Waals surface area contributed by atoms with Gasteiger partial charge in [-0.2, -0.15) is 5.10 Å². The lowest BCUT2D eigenvalue weighted by Crippen LogP contribution is -2.07. The van der Waals surface area contributed by atoms with Crippen LogP contribution in [0.3, 0.4) is 0 Å². The Morgan fingerprint density at radius 3 is 2.70 bits per heavy atom. The van der Waals surface area contributed by atoms with Gasteiger partial charge in [0.1, 0.15) is 5.15 Å². The summed E-state index contributed by atoms with van der Waals surface area (Å²) in [5.74, 6) is 0.940. The zero-order valence-corrected chi connectivity index (χ0v) is 18.0. The van der Waals surface area contributed by atoms with E-state index in [1.807, 2.05) is 35.9 Å². The van der Waals surface area contributed by atoms with Crippen molar-refractivity contribution < 1.29 is 4.79 Å². The third-order valence-electron chi connectivity index (χ3n) is 4.85. The quantitative estimate of drug-likeness (QED) is 0.574. The number of hydrogen-bond acceptors (Lipinski definition) is 5. The first kappa shape index (κ1) is 20.3.